The lowest BCUT2D eigenvalue weighted by Gasteiger charge is -2.04. The predicted octanol–water partition coefficient (Wildman–Crippen LogP) is 2.13. The first kappa shape index (κ1) is 12.9. The highest BCUT2D eigenvalue weighted by molar-refractivity contribution is 5.72. The van der Waals surface area contributed by atoms with Gasteiger partial charge in [-0.05, 0) is 25.1 Å². The molecule has 0 radical (unpaired) electrons. The Labute approximate surface area is 120 Å². The average molecular weight is 280 g/mol. The molecule has 0 saturated carbocycles. The van der Waals surface area contributed by atoms with Crippen LogP contribution in [0.4, 0.5) is 11.6 Å². The highest BCUT2D eigenvalue weighted by Gasteiger charge is 2.05. The fraction of sp³-hybridized carbons (Fsp3) is 0.0714. The topological polar surface area (TPSA) is 96.5 Å². The Bertz CT molecular complexity index is 765. The van der Waals surface area contributed by atoms with Crippen molar-refractivity contribution in [3.63, 3.8) is 0 Å². The zero-order chi connectivity index (χ0) is 14.7. The van der Waals surface area contributed by atoms with E-state index in [9.17, 15) is 4.79 Å². The van der Waals surface area contributed by atoms with Crippen molar-refractivity contribution < 1.29 is 4.79 Å². The Morgan fingerprint density at radius 1 is 1.19 bits per heavy atom. The van der Waals surface area contributed by atoms with Gasteiger partial charge in [-0.1, -0.05) is 0 Å². The molecule has 104 valence electrons. The molecular formula is C14H12N6O. The quantitative estimate of drug-likeness (QED) is 0.711. The van der Waals surface area contributed by atoms with Crippen LogP contribution in [0.5, 0.6) is 0 Å². The second-order valence-electron chi connectivity index (χ2n) is 4.42. The summed E-state index contributed by atoms with van der Waals surface area (Å²) in [6.07, 6.45) is 3.92. The van der Waals surface area contributed by atoms with Gasteiger partial charge in [0.2, 0.25) is 0 Å². The summed E-state index contributed by atoms with van der Waals surface area (Å²) in [6, 6.07) is 7.01. The van der Waals surface area contributed by atoms with Crippen molar-refractivity contribution in [2.24, 2.45) is 0 Å². The summed E-state index contributed by atoms with van der Waals surface area (Å²) in [5, 5.41) is 10.0. The van der Waals surface area contributed by atoms with Crippen LogP contribution >= 0.6 is 0 Å². The maximum absolute atomic E-state index is 10.6. The summed E-state index contributed by atoms with van der Waals surface area (Å²) in [7, 11) is 0. The van der Waals surface area contributed by atoms with E-state index in [1.807, 2.05) is 13.0 Å². The van der Waals surface area contributed by atoms with E-state index >= 15 is 0 Å². The van der Waals surface area contributed by atoms with Crippen LogP contribution in [0.3, 0.4) is 0 Å². The predicted molar refractivity (Wildman–Crippen MR) is 77.3 cm³/mol. The third kappa shape index (κ3) is 2.92. The molecule has 0 aliphatic heterocycles. The number of nitrogens with zero attached hydrogens (tertiary/aromatic N) is 4. The number of aldehydes is 1. The molecule has 3 aromatic rings. The van der Waals surface area contributed by atoms with Crippen LogP contribution in [0.2, 0.25) is 0 Å². The number of nitrogens with one attached hydrogen (secondary N) is 2. The summed E-state index contributed by atoms with van der Waals surface area (Å²) < 4.78 is 0. The number of carbonyl (C=O) groups is 1. The molecule has 21 heavy (non-hydrogen) atoms. The summed E-state index contributed by atoms with van der Waals surface area (Å²) >= 11 is 0. The fourth-order valence-corrected chi connectivity index (χ4v) is 1.79. The molecule has 0 saturated heterocycles. The number of hydrogen-bond acceptors (Lipinski definition) is 6. The van der Waals surface area contributed by atoms with Crippen LogP contribution in [0, 0.1) is 6.92 Å². The van der Waals surface area contributed by atoms with Gasteiger partial charge < -0.3 is 5.32 Å². The van der Waals surface area contributed by atoms with Crippen molar-refractivity contribution in [3.8, 4) is 11.4 Å². The van der Waals surface area contributed by atoms with Crippen molar-refractivity contribution in [2.75, 3.05) is 5.32 Å². The van der Waals surface area contributed by atoms with Crippen LogP contribution < -0.4 is 5.32 Å². The number of rotatable bonds is 4. The van der Waals surface area contributed by atoms with E-state index in [4.69, 9.17) is 0 Å². The minimum absolute atomic E-state index is 0.375. The van der Waals surface area contributed by atoms with Crippen molar-refractivity contribution in [3.05, 3.63) is 48.0 Å². The number of aromatic nitrogens is 5. The Balaban J connectivity index is 1.86. The van der Waals surface area contributed by atoms with Crippen LogP contribution in [0.1, 0.15) is 16.2 Å². The number of pyridine rings is 1. The molecule has 0 fully saturated rings. The molecule has 2 N–H and O–H groups in total. The molecule has 3 rings (SSSR count). The first-order valence-corrected chi connectivity index (χ1v) is 6.28. The maximum Gasteiger partial charge on any atom is 0.168 e. The number of H-pyrrole nitrogens is 1. The largest absolute Gasteiger partial charge is 0.323 e. The van der Waals surface area contributed by atoms with Gasteiger partial charge in [-0.2, -0.15) is 5.10 Å². The monoisotopic (exact) mass is 280 g/mol. The normalized spacial score (nSPS) is 10.3. The molecule has 0 amide bonds. The van der Waals surface area contributed by atoms with E-state index in [1.54, 1.807) is 30.6 Å². The Morgan fingerprint density at radius 2 is 2.10 bits per heavy atom. The minimum atomic E-state index is 0.375. The molecule has 0 unspecified atom stereocenters. The van der Waals surface area contributed by atoms with Crippen LogP contribution in [-0.2, 0) is 0 Å². The molecule has 0 aliphatic carbocycles. The molecule has 3 heterocycles. The minimum Gasteiger partial charge on any atom is -0.323 e. The van der Waals surface area contributed by atoms with Crippen molar-refractivity contribution >= 4 is 17.9 Å². The summed E-state index contributed by atoms with van der Waals surface area (Å²) in [4.78, 5) is 23.2. The molecular weight excluding hydrogens is 268 g/mol. The molecule has 3 aromatic heterocycles. The second kappa shape index (κ2) is 5.49. The third-order valence-corrected chi connectivity index (χ3v) is 2.78. The molecule has 0 spiro atoms. The Kier molecular flexibility index (Phi) is 3.38. The van der Waals surface area contributed by atoms with Crippen molar-refractivity contribution in [1.82, 2.24) is 25.1 Å². The van der Waals surface area contributed by atoms with E-state index in [0.29, 0.717) is 29.4 Å². The Morgan fingerprint density at radius 3 is 2.76 bits per heavy atom. The second-order valence-corrected chi connectivity index (χ2v) is 4.42. The van der Waals surface area contributed by atoms with Crippen LogP contribution in [-0.4, -0.2) is 31.4 Å². The van der Waals surface area contributed by atoms with Gasteiger partial charge in [0.25, 0.3) is 0 Å². The molecule has 7 nitrogen and oxygen atoms in total. The van der Waals surface area contributed by atoms with E-state index in [-0.39, 0.29) is 0 Å². The van der Waals surface area contributed by atoms with Gasteiger partial charge in [0.15, 0.2) is 17.9 Å². The number of aromatic amines is 1. The average Bonchev–Trinajstić information content (AvgIpc) is 2.93. The molecule has 7 heteroatoms. The zero-order valence-electron chi connectivity index (χ0n) is 11.2. The van der Waals surface area contributed by atoms with Gasteiger partial charge in [0.1, 0.15) is 11.5 Å². The van der Waals surface area contributed by atoms with Gasteiger partial charge >= 0.3 is 0 Å². The van der Waals surface area contributed by atoms with Gasteiger partial charge in [-0.3, -0.25) is 14.9 Å². The van der Waals surface area contributed by atoms with Crippen LogP contribution in [0.15, 0.2) is 36.7 Å². The van der Waals surface area contributed by atoms with Gasteiger partial charge in [0.05, 0.1) is 0 Å². The zero-order valence-corrected chi connectivity index (χ0v) is 11.2. The molecule has 0 aromatic carbocycles. The fourth-order valence-electron chi connectivity index (χ4n) is 1.79. The van der Waals surface area contributed by atoms with Crippen LogP contribution in [0.25, 0.3) is 11.4 Å². The van der Waals surface area contributed by atoms with Gasteiger partial charge in [-0.15, -0.1) is 0 Å². The first-order valence-electron chi connectivity index (χ1n) is 6.28. The van der Waals surface area contributed by atoms with E-state index in [0.717, 1.165) is 11.3 Å². The van der Waals surface area contributed by atoms with Crippen molar-refractivity contribution in [2.45, 2.75) is 6.92 Å². The maximum atomic E-state index is 10.6. The van der Waals surface area contributed by atoms with Gasteiger partial charge in [-0.25, -0.2) is 9.97 Å². The van der Waals surface area contributed by atoms with Gasteiger partial charge in [0, 0.05) is 29.7 Å². The number of carbonyl (C=O) groups excluding carboxylic acids is 1. The summed E-state index contributed by atoms with van der Waals surface area (Å²) in [6.45, 7) is 1.92. The smallest absolute Gasteiger partial charge is 0.168 e. The highest BCUT2D eigenvalue weighted by Crippen LogP contribution is 2.17. The number of anilines is 2. The van der Waals surface area contributed by atoms with E-state index < -0.39 is 0 Å². The lowest BCUT2D eigenvalue weighted by molar-refractivity contribution is 0.111. The third-order valence-electron chi connectivity index (χ3n) is 2.78. The number of aryl methyl sites for hydroxylation is 1. The van der Waals surface area contributed by atoms with E-state index in [2.05, 4.69) is 30.5 Å². The standard InChI is InChI=1S/C14H12N6O/c1-9-6-13(20-19-9)17-12-4-5-15-14(18-12)10-2-3-11(8-21)16-7-10/h2-8H,1H3,(H2,15,17,18,19,20). The molecule has 0 bridgehead atoms. The Hall–Kier alpha value is -3.09. The highest BCUT2D eigenvalue weighted by atomic mass is 16.1. The summed E-state index contributed by atoms with van der Waals surface area (Å²) in [5.41, 5.74) is 2.07. The van der Waals surface area contributed by atoms with E-state index in [1.165, 1.54) is 0 Å². The first-order chi connectivity index (χ1) is 10.2. The SMILES string of the molecule is Cc1cc(Nc2ccnc(-c3ccc(C=O)nc3)n2)n[nH]1. The molecule has 0 atom stereocenters. The lowest BCUT2D eigenvalue weighted by atomic mass is 10.2. The summed E-state index contributed by atoms with van der Waals surface area (Å²) in [5.74, 6) is 1.84. The van der Waals surface area contributed by atoms with Crippen molar-refractivity contribution in [1.29, 1.82) is 0 Å². The molecule has 0 aliphatic rings. The lowest BCUT2D eigenvalue weighted by Crippen LogP contribution is -1.97. The number of hydrogen-bond donors (Lipinski definition) is 2.